The third-order valence-corrected chi connectivity index (χ3v) is 5.70. The molecule has 6 nitrogen and oxygen atoms in total. The average molecular weight is 397 g/mol. The monoisotopic (exact) mass is 397 g/mol. The molecule has 5 rings (SSSR count). The van der Waals surface area contributed by atoms with E-state index in [0.717, 1.165) is 40.3 Å². The van der Waals surface area contributed by atoms with Crippen LogP contribution in [0.25, 0.3) is 10.8 Å². The number of hydrogen-bond acceptors (Lipinski definition) is 5. The van der Waals surface area contributed by atoms with Crippen molar-refractivity contribution in [2.45, 2.75) is 25.4 Å². The summed E-state index contributed by atoms with van der Waals surface area (Å²) in [5.74, 6) is -0.0923. The van der Waals surface area contributed by atoms with Crippen molar-refractivity contribution in [3.05, 3.63) is 99.2 Å². The van der Waals surface area contributed by atoms with Gasteiger partial charge in [0, 0.05) is 23.3 Å². The summed E-state index contributed by atoms with van der Waals surface area (Å²) >= 11 is 0. The van der Waals surface area contributed by atoms with E-state index in [4.69, 9.17) is 4.98 Å². The maximum absolute atomic E-state index is 12.4. The predicted molar refractivity (Wildman–Crippen MR) is 119 cm³/mol. The highest BCUT2D eigenvalue weighted by Crippen LogP contribution is 2.45. The van der Waals surface area contributed by atoms with E-state index < -0.39 is 0 Å². The van der Waals surface area contributed by atoms with Crippen LogP contribution in [0.5, 0.6) is 0 Å². The van der Waals surface area contributed by atoms with Crippen molar-refractivity contribution in [3.63, 3.8) is 0 Å². The van der Waals surface area contributed by atoms with Gasteiger partial charge < -0.3 is 10.6 Å². The third-order valence-electron chi connectivity index (χ3n) is 5.70. The maximum Gasteiger partial charge on any atom is 0.272 e. The van der Waals surface area contributed by atoms with E-state index in [2.05, 4.69) is 45.1 Å². The molecule has 6 heteroatoms. The molecule has 0 saturated carbocycles. The number of nitrogens with zero attached hydrogens (tertiary/aromatic N) is 2. The number of nitrogens with one attached hydrogen (secondary N) is 3. The molecule has 2 aromatic heterocycles. The molecule has 0 bridgehead atoms. The molecule has 0 radical (unpaired) electrons. The van der Waals surface area contributed by atoms with E-state index in [0.29, 0.717) is 5.39 Å². The van der Waals surface area contributed by atoms with Crippen molar-refractivity contribution in [3.8, 4) is 0 Å². The molecule has 0 aliphatic carbocycles. The molecular weight excluding hydrogens is 374 g/mol. The van der Waals surface area contributed by atoms with Crippen molar-refractivity contribution in [2.75, 3.05) is 12.4 Å². The Morgan fingerprint density at radius 2 is 1.90 bits per heavy atom. The van der Waals surface area contributed by atoms with Crippen LogP contribution in [-0.4, -0.2) is 22.2 Å². The second-order valence-corrected chi connectivity index (χ2v) is 7.74. The number of hydrogen-bond donors (Lipinski definition) is 3. The van der Waals surface area contributed by atoms with Crippen LogP contribution in [0.2, 0.25) is 0 Å². The topological polar surface area (TPSA) is 82.7 Å². The Labute approximate surface area is 174 Å². The number of H-pyrrole nitrogens is 1. The van der Waals surface area contributed by atoms with Gasteiger partial charge >= 0.3 is 0 Å². The van der Waals surface area contributed by atoms with Crippen LogP contribution in [0.4, 0.5) is 5.69 Å². The fourth-order valence-electron chi connectivity index (χ4n) is 4.43. The van der Waals surface area contributed by atoms with Gasteiger partial charge in [-0.05, 0) is 49.4 Å². The molecule has 1 aliphatic rings. The summed E-state index contributed by atoms with van der Waals surface area (Å²) < 4.78 is 0. The molecule has 2 aromatic carbocycles. The number of aromatic amines is 1. The van der Waals surface area contributed by atoms with Crippen LogP contribution < -0.4 is 16.2 Å². The minimum absolute atomic E-state index is 0.0923. The number of aryl methyl sites for hydroxylation is 1. The van der Waals surface area contributed by atoms with Gasteiger partial charge in [0.15, 0.2) is 0 Å². The molecule has 2 atom stereocenters. The Bertz CT molecular complexity index is 1300. The maximum atomic E-state index is 12.4. The lowest BCUT2D eigenvalue weighted by Crippen LogP contribution is -2.28. The normalized spacial score (nSPS) is 17.7. The molecule has 30 heavy (non-hydrogen) atoms. The molecule has 3 heterocycles. The summed E-state index contributed by atoms with van der Waals surface area (Å²) in [6, 6.07) is 20.2. The summed E-state index contributed by atoms with van der Waals surface area (Å²) in [6.07, 6.45) is 0. The molecule has 2 unspecified atom stereocenters. The van der Waals surface area contributed by atoms with Crippen molar-refractivity contribution >= 4 is 16.5 Å². The van der Waals surface area contributed by atoms with Gasteiger partial charge in [0.1, 0.15) is 0 Å². The van der Waals surface area contributed by atoms with Crippen LogP contribution in [0.1, 0.15) is 40.2 Å². The highest BCUT2D eigenvalue weighted by Gasteiger charge is 2.35. The van der Waals surface area contributed by atoms with Gasteiger partial charge in [0.05, 0.1) is 28.7 Å². The molecule has 4 aromatic rings. The molecule has 0 fully saturated rings. The summed E-state index contributed by atoms with van der Waals surface area (Å²) in [5.41, 5.74) is 5.87. The first-order chi connectivity index (χ1) is 14.7. The van der Waals surface area contributed by atoms with E-state index in [1.807, 2.05) is 50.4 Å². The predicted octanol–water partition coefficient (Wildman–Crippen LogP) is 3.64. The first-order valence-corrected chi connectivity index (χ1v) is 10.1. The average Bonchev–Trinajstić information content (AvgIpc) is 2.76. The smallest absolute Gasteiger partial charge is 0.272 e. The molecule has 3 N–H and O–H groups in total. The Kier molecular flexibility index (Phi) is 4.56. The van der Waals surface area contributed by atoms with Crippen LogP contribution in [0, 0.1) is 6.92 Å². The molecule has 0 spiro atoms. The van der Waals surface area contributed by atoms with Crippen molar-refractivity contribution in [1.82, 2.24) is 20.5 Å². The van der Waals surface area contributed by atoms with E-state index in [1.165, 1.54) is 5.56 Å². The zero-order valence-corrected chi connectivity index (χ0v) is 16.9. The molecular formula is C24H23N5O. The number of benzene rings is 2. The van der Waals surface area contributed by atoms with Gasteiger partial charge in [-0.2, -0.15) is 5.10 Å². The van der Waals surface area contributed by atoms with Gasteiger partial charge in [-0.15, -0.1) is 0 Å². The first-order valence-electron chi connectivity index (χ1n) is 10.1. The zero-order chi connectivity index (χ0) is 20.7. The van der Waals surface area contributed by atoms with E-state index in [1.54, 1.807) is 0 Å². The number of rotatable bonds is 4. The minimum Gasteiger partial charge on any atom is -0.375 e. The Morgan fingerprint density at radius 1 is 1.07 bits per heavy atom. The lowest BCUT2D eigenvalue weighted by molar-refractivity contribution is 0.620. The summed E-state index contributed by atoms with van der Waals surface area (Å²) in [4.78, 5) is 17.2. The Morgan fingerprint density at radius 3 is 2.73 bits per heavy atom. The quantitative estimate of drug-likeness (QED) is 0.490. The summed E-state index contributed by atoms with van der Waals surface area (Å²) in [7, 11) is 1.94. The summed E-state index contributed by atoms with van der Waals surface area (Å²) in [5, 5.41) is 15.7. The Balaban J connectivity index is 1.77. The SMILES string of the molecule is CNCc1cccc(C2c3n[nH]c(=O)c4cccc(c34)NC2c2cccc(C)n2)c1. The number of aromatic nitrogens is 3. The fraction of sp³-hybridized carbons (Fsp3) is 0.208. The van der Waals surface area contributed by atoms with E-state index >= 15 is 0 Å². The Hall–Kier alpha value is -3.51. The lowest BCUT2D eigenvalue weighted by atomic mass is 9.81. The van der Waals surface area contributed by atoms with E-state index in [9.17, 15) is 4.79 Å². The van der Waals surface area contributed by atoms with Crippen molar-refractivity contribution in [1.29, 1.82) is 0 Å². The minimum atomic E-state index is -0.174. The van der Waals surface area contributed by atoms with Crippen molar-refractivity contribution in [2.24, 2.45) is 0 Å². The third kappa shape index (κ3) is 3.06. The largest absolute Gasteiger partial charge is 0.375 e. The summed E-state index contributed by atoms with van der Waals surface area (Å²) in [6.45, 7) is 2.78. The highest BCUT2D eigenvalue weighted by atomic mass is 16.1. The van der Waals surface area contributed by atoms with E-state index in [-0.39, 0.29) is 17.5 Å². The second kappa shape index (κ2) is 7.39. The lowest BCUT2D eigenvalue weighted by Gasteiger charge is -2.34. The fourth-order valence-corrected chi connectivity index (χ4v) is 4.43. The van der Waals surface area contributed by atoms with Gasteiger partial charge in [0.2, 0.25) is 0 Å². The first kappa shape index (κ1) is 18.5. The standard InChI is InChI=1S/C24H23N5O/c1-14-6-3-11-19(26-14)22-20(16-8-4-7-15(12-16)13-25-2)23-21-17(24(30)29-28-23)9-5-10-18(21)27-22/h3-12,20,22,25,27H,13H2,1-2H3,(H,29,30). The molecule has 150 valence electrons. The van der Waals surface area contributed by atoms with Gasteiger partial charge in [-0.25, -0.2) is 5.10 Å². The number of anilines is 1. The van der Waals surface area contributed by atoms with Gasteiger partial charge in [-0.3, -0.25) is 9.78 Å². The molecule has 0 amide bonds. The number of pyridine rings is 1. The zero-order valence-electron chi connectivity index (χ0n) is 16.9. The van der Waals surface area contributed by atoms with Gasteiger partial charge in [0.25, 0.3) is 5.56 Å². The highest BCUT2D eigenvalue weighted by molar-refractivity contribution is 5.97. The molecule has 0 saturated heterocycles. The van der Waals surface area contributed by atoms with Gasteiger partial charge in [-0.1, -0.05) is 36.4 Å². The van der Waals surface area contributed by atoms with Crippen LogP contribution in [0.3, 0.4) is 0 Å². The van der Waals surface area contributed by atoms with Crippen LogP contribution in [-0.2, 0) is 6.54 Å². The van der Waals surface area contributed by atoms with Crippen molar-refractivity contribution < 1.29 is 0 Å². The second-order valence-electron chi connectivity index (χ2n) is 7.74. The molecule has 1 aliphatic heterocycles. The van der Waals surface area contributed by atoms with Crippen LogP contribution in [0.15, 0.2) is 65.5 Å². The van der Waals surface area contributed by atoms with Crippen LogP contribution >= 0.6 is 0 Å².